The summed E-state index contributed by atoms with van der Waals surface area (Å²) in [5, 5.41) is 0. The number of aromatic nitrogens is 2. The molecule has 0 N–H and O–H groups in total. The highest BCUT2D eigenvalue weighted by molar-refractivity contribution is 6.55. The summed E-state index contributed by atoms with van der Waals surface area (Å²) in [6, 6.07) is 0. The summed E-state index contributed by atoms with van der Waals surface area (Å²) >= 11 is 0. The maximum atomic E-state index is 3.95. The summed E-state index contributed by atoms with van der Waals surface area (Å²) in [6.45, 7) is 4.94. The van der Waals surface area contributed by atoms with Gasteiger partial charge in [-0.2, -0.15) is 13.1 Å². The Balaban J connectivity index is 2.65. The number of hydrogen-bond donors (Lipinski definition) is 0. The molecule has 49 valence electrons. The summed E-state index contributed by atoms with van der Waals surface area (Å²) in [4.78, 5) is 3.95. The lowest BCUT2D eigenvalue weighted by Crippen LogP contribution is -2.16. The van der Waals surface area contributed by atoms with Gasteiger partial charge in [0.25, 0.3) is 0 Å². The van der Waals surface area contributed by atoms with Gasteiger partial charge in [-0.05, 0) is 13.0 Å². The van der Waals surface area contributed by atoms with Gasteiger partial charge in [0, 0.05) is 6.20 Å². The number of nitrogens with zero attached hydrogens (tertiary/aromatic N) is 2. The van der Waals surface area contributed by atoms with Gasteiger partial charge in [-0.25, -0.2) is 4.98 Å². The normalized spacial score (nSPS) is 10.6. The van der Waals surface area contributed by atoms with Crippen molar-refractivity contribution in [1.82, 2.24) is 9.46 Å². The van der Waals surface area contributed by atoms with Crippen molar-refractivity contribution >= 4 is 6.85 Å². The van der Waals surface area contributed by atoms with Crippen LogP contribution in [0.2, 0.25) is 13.1 Å². The van der Waals surface area contributed by atoms with Crippen LogP contribution in [0.1, 0.15) is 6.92 Å². The zero-order valence-electron chi connectivity index (χ0n) is 5.91. The topological polar surface area (TPSA) is 17.8 Å². The Labute approximate surface area is 56.0 Å². The van der Waals surface area contributed by atoms with Gasteiger partial charge in [-0.3, -0.25) is 0 Å². The second kappa shape index (κ2) is 2.71. The molecule has 1 aromatic heterocycles. The van der Waals surface area contributed by atoms with Crippen LogP contribution in [0.25, 0.3) is 0 Å². The van der Waals surface area contributed by atoms with Crippen LogP contribution in [-0.4, -0.2) is 16.3 Å². The lowest BCUT2D eigenvalue weighted by Gasteiger charge is -2.20. The molecule has 1 radical (unpaired) electrons. The standard InChI is InChI=1S/C6H11BN2/c1-3-7(2)9-5-4-8-6-9/h4-6H,3H2,1-2H3/q-1. The van der Waals surface area contributed by atoms with Crippen molar-refractivity contribution in [2.45, 2.75) is 20.1 Å². The van der Waals surface area contributed by atoms with Crippen molar-refractivity contribution in [2.75, 3.05) is 0 Å². The Bertz CT molecular complexity index is 160. The van der Waals surface area contributed by atoms with Gasteiger partial charge >= 0.3 is 0 Å². The van der Waals surface area contributed by atoms with Crippen molar-refractivity contribution in [3.05, 3.63) is 18.7 Å². The van der Waals surface area contributed by atoms with Crippen molar-refractivity contribution in [3.8, 4) is 0 Å². The van der Waals surface area contributed by atoms with E-state index in [4.69, 9.17) is 0 Å². The van der Waals surface area contributed by atoms with Crippen LogP contribution in [0.5, 0.6) is 0 Å². The third-order valence-electron chi connectivity index (χ3n) is 1.62. The van der Waals surface area contributed by atoms with Gasteiger partial charge in [0.2, 0.25) is 0 Å². The molecule has 3 heteroatoms. The Morgan fingerprint density at radius 1 is 1.67 bits per heavy atom. The first-order valence-corrected chi connectivity index (χ1v) is 3.32. The molecule has 0 aliphatic heterocycles. The summed E-state index contributed by atoms with van der Waals surface area (Å²) in [5.74, 6) is 0. The van der Waals surface area contributed by atoms with E-state index in [1.54, 1.807) is 0 Å². The minimum atomic E-state index is 0.590. The molecule has 9 heavy (non-hydrogen) atoms. The van der Waals surface area contributed by atoms with Gasteiger partial charge in [0.05, 0.1) is 6.33 Å². The van der Waals surface area contributed by atoms with E-state index in [2.05, 4.69) is 23.2 Å². The largest absolute Gasteiger partial charge is 0.544 e. The van der Waals surface area contributed by atoms with Gasteiger partial charge in [-0.1, -0.05) is 6.92 Å². The van der Waals surface area contributed by atoms with Crippen molar-refractivity contribution < 1.29 is 0 Å². The minimum Gasteiger partial charge on any atom is -0.544 e. The fraction of sp³-hybridized carbons (Fsp3) is 0.500. The van der Waals surface area contributed by atoms with Crippen LogP contribution in [-0.2, 0) is 0 Å². The zero-order chi connectivity index (χ0) is 6.69. The first-order chi connectivity index (χ1) is 4.34. The fourth-order valence-electron chi connectivity index (χ4n) is 0.741. The third-order valence-corrected chi connectivity index (χ3v) is 1.62. The predicted octanol–water partition coefficient (Wildman–Crippen LogP) is 1.37. The van der Waals surface area contributed by atoms with Gasteiger partial charge < -0.3 is 4.48 Å². The maximum Gasteiger partial charge on any atom is 0.0520 e. The Morgan fingerprint density at radius 2 is 2.44 bits per heavy atom. The Hall–Kier alpha value is -0.725. The molecule has 0 bridgehead atoms. The first-order valence-electron chi connectivity index (χ1n) is 3.32. The lowest BCUT2D eigenvalue weighted by atomic mass is 9.62. The molecular weight excluding hydrogens is 111 g/mol. The smallest absolute Gasteiger partial charge is 0.0520 e. The second-order valence-electron chi connectivity index (χ2n) is 2.27. The van der Waals surface area contributed by atoms with Crippen molar-refractivity contribution in [3.63, 3.8) is 0 Å². The SMILES string of the molecule is CC[B-](C)n1ccnc1. The molecule has 1 rings (SSSR count). The molecule has 1 heterocycles. The zero-order valence-corrected chi connectivity index (χ0v) is 5.91. The molecule has 0 aromatic carbocycles. The van der Waals surface area contributed by atoms with E-state index in [1.807, 2.05) is 18.7 Å². The minimum absolute atomic E-state index is 0.590. The lowest BCUT2D eigenvalue weighted by molar-refractivity contribution is 1.13. The monoisotopic (exact) mass is 122 g/mol. The van der Waals surface area contributed by atoms with Gasteiger partial charge in [0.15, 0.2) is 0 Å². The average Bonchev–Trinajstić information content (AvgIpc) is 2.37. The van der Waals surface area contributed by atoms with Crippen LogP contribution in [0.3, 0.4) is 0 Å². The van der Waals surface area contributed by atoms with Crippen LogP contribution in [0.15, 0.2) is 18.7 Å². The third kappa shape index (κ3) is 1.34. The highest BCUT2D eigenvalue weighted by Gasteiger charge is 1.86. The van der Waals surface area contributed by atoms with E-state index in [0.29, 0.717) is 6.85 Å². The molecule has 0 spiro atoms. The highest BCUT2D eigenvalue weighted by atomic mass is 15.0. The molecule has 0 aliphatic carbocycles. The van der Waals surface area contributed by atoms with E-state index < -0.39 is 0 Å². The van der Waals surface area contributed by atoms with E-state index >= 15 is 0 Å². The quantitative estimate of drug-likeness (QED) is 0.541. The first kappa shape index (κ1) is 6.40. The average molecular weight is 122 g/mol. The van der Waals surface area contributed by atoms with Crippen LogP contribution < -0.4 is 0 Å². The van der Waals surface area contributed by atoms with Crippen LogP contribution in [0.4, 0.5) is 0 Å². The summed E-state index contributed by atoms with van der Waals surface area (Å²) in [7, 11) is 0. The summed E-state index contributed by atoms with van der Waals surface area (Å²) < 4.78 is 2.11. The molecule has 0 saturated heterocycles. The predicted molar refractivity (Wildman–Crippen MR) is 39.7 cm³/mol. The molecule has 0 aliphatic rings. The van der Waals surface area contributed by atoms with E-state index in [0.717, 1.165) is 6.32 Å². The maximum absolute atomic E-state index is 3.95. The van der Waals surface area contributed by atoms with Crippen molar-refractivity contribution in [1.29, 1.82) is 0 Å². The number of rotatable bonds is 2. The molecule has 0 saturated carbocycles. The molecule has 0 atom stereocenters. The molecular formula is C6H11BN2-. The van der Waals surface area contributed by atoms with E-state index in [1.165, 1.54) is 0 Å². The Morgan fingerprint density at radius 3 is 2.89 bits per heavy atom. The van der Waals surface area contributed by atoms with Crippen LogP contribution >= 0.6 is 0 Å². The number of imidazole rings is 1. The Kier molecular flexibility index (Phi) is 1.93. The molecule has 0 fully saturated rings. The molecule has 0 amide bonds. The van der Waals surface area contributed by atoms with Crippen LogP contribution in [0, 0.1) is 0 Å². The van der Waals surface area contributed by atoms with Crippen molar-refractivity contribution in [2.24, 2.45) is 0 Å². The number of hydrogen-bond acceptors (Lipinski definition) is 1. The van der Waals surface area contributed by atoms with Gasteiger partial charge in [0.1, 0.15) is 0 Å². The molecule has 2 nitrogen and oxygen atoms in total. The molecule has 1 aromatic rings. The second-order valence-corrected chi connectivity index (χ2v) is 2.27. The van der Waals surface area contributed by atoms with E-state index in [-0.39, 0.29) is 0 Å². The summed E-state index contributed by atoms with van der Waals surface area (Å²) in [5.41, 5.74) is 0. The fourth-order valence-corrected chi connectivity index (χ4v) is 0.741. The van der Waals surface area contributed by atoms with E-state index in [9.17, 15) is 0 Å². The van der Waals surface area contributed by atoms with Gasteiger partial charge in [-0.15, -0.1) is 0 Å². The molecule has 0 unspecified atom stereocenters. The highest BCUT2D eigenvalue weighted by Crippen LogP contribution is 1.94. The summed E-state index contributed by atoms with van der Waals surface area (Å²) in [6.07, 6.45) is 6.82.